The SMILES string of the molecule is CC[C@H](C(=O)N[C@@H](C)CC)N(Cc1ccc(C)cc1)C(=O)CN(c1ccc(OC)c(Cl)c1)S(=O)(=O)c1ccc(C)cc1. The van der Waals surface area contributed by atoms with E-state index >= 15 is 0 Å². The van der Waals surface area contributed by atoms with Crippen LogP contribution in [0.1, 0.15) is 50.3 Å². The molecule has 0 bridgehead atoms. The second kappa shape index (κ2) is 14.6. The number of halogens is 1. The van der Waals surface area contributed by atoms with E-state index in [1.54, 1.807) is 24.3 Å². The number of carbonyl (C=O) groups is 2. The van der Waals surface area contributed by atoms with E-state index in [4.69, 9.17) is 16.3 Å². The van der Waals surface area contributed by atoms with Gasteiger partial charge in [-0.1, -0.05) is 73.0 Å². The van der Waals surface area contributed by atoms with E-state index in [9.17, 15) is 18.0 Å². The van der Waals surface area contributed by atoms with Gasteiger partial charge in [-0.25, -0.2) is 8.42 Å². The molecule has 10 heteroatoms. The van der Waals surface area contributed by atoms with Gasteiger partial charge in [-0.2, -0.15) is 0 Å². The number of carbonyl (C=O) groups excluding carboxylic acids is 2. The number of amides is 2. The molecule has 1 N–H and O–H groups in total. The van der Waals surface area contributed by atoms with E-state index in [0.717, 1.165) is 27.4 Å². The number of hydrogen-bond donors (Lipinski definition) is 1. The zero-order valence-electron chi connectivity index (χ0n) is 25.1. The van der Waals surface area contributed by atoms with Crippen molar-refractivity contribution in [2.75, 3.05) is 18.0 Å². The highest BCUT2D eigenvalue weighted by atomic mass is 35.5. The van der Waals surface area contributed by atoms with E-state index < -0.39 is 28.5 Å². The third-order valence-electron chi connectivity index (χ3n) is 7.17. The number of hydrogen-bond acceptors (Lipinski definition) is 5. The molecule has 3 rings (SSSR count). The quantitative estimate of drug-likeness (QED) is 0.260. The fourth-order valence-corrected chi connectivity index (χ4v) is 6.09. The van der Waals surface area contributed by atoms with Gasteiger partial charge in [0.2, 0.25) is 11.8 Å². The first-order valence-electron chi connectivity index (χ1n) is 14.0. The lowest BCUT2D eigenvalue weighted by Gasteiger charge is -2.34. The van der Waals surface area contributed by atoms with Crippen LogP contribution >= 0.6 is 11.6 Å². The van der Waals surface area contributed by atoms with Crippen molar-refractivity contribution < 1.29 is 22.7 Å². The topological polar surface area (TPSA) is 96.0 Å². The minimum atomic E-state index is -4.20. The Labute approximate surface area is 254 Å². The van der Waals surface area contributed by atoms with E-state index in [1.165, 1.54) is 30.2 Å². The molecule has 0 aromatic heterocycles. The molecule has 2 atom stereocenters. The summed E-state index contributed by atoms with van der Waals surface area (Å²) in [6.45, 7) is 9.12. The highest BCUT2D eigenvalue weighted by Crippen LogP contribution is 2.32. The summed E-state index contributed by atoms with van der Waals surface area (Å²) in [6, 6.07) is 17.7. The van der Waals surface area contributed by atoms with Crippen molar-refractivity contribution >= 4 is 39.1 Å². The van der Waals surface area contributed by atoms with Crippen molar-refractivity contribution in [2.24, 2.45) is 0 Å². The Kier molecular flexibility index (Phi) is 11.4. The summed E-state index contributed by atoms with van der Waals surface area (Å²) < 4.78 is 34.3. The van der Waals surface area contributed by atoms with Gasteiger partial charge in [0.15, 0.2) is 0 Å². The van der Waals surface area contributed by atoms with Gasteiger partial charge in [0, 0.05) is 12.6 Å². The van der Waals surface area contributed by atoms with Gasteiger partial charge in [-0.15, -0.1) is 0 Å². The van der Waals surface area contributed by atoms with Crippen molar-refractivity contribution in [3.63, 3.8) is 0 Å². The molecule has 42 heavy (non-hydrogen) atoms. The molecule has 0 radical (unpaired) electrons. The van der Waals surface area contributed by atoms with Gasteiger partial charge >= 0.3 is 0 Å². The van der Waals surface area contributed by atoms with Crippen molar-refractivity contribution in [3.8, 4) is 5.75 Å². The maximum absolute atomic E-state index is 14.2. The Hall–Kier alpha value is -3.56. The van der Waals surface area contributed by atoms with E-state index in [-0.39, 0.29) is 34.1 Å². The summed E-state index contributed by atoms with van der Waals surface area (Å²) in [7, 11) is -2.74. The van der Waals surface area contributed by atoms with Crippen LogP contribution in [0.5, 0.6) is 5.75 Å². The Bertz CT molecular complexity index is 1480. The molecule has 0 spiro atoms. The lowest BCUT2D eigenvalue weighted by atomic mass is 10.1. The smallest absolute Gasteiger partial charge is 0.264 e. The molecule has 2 amide bonds. The minimum absolute atomic E-state index is 0.0273. The average molecular weight is 614 g/mol. The zero-order valence-corrected chi connectivity index (χ0v) is 26.6. The normalized spacial score (nSPS) is 12.7. The Morgan fingerprint density at radius 1 is 0.929 bits per heavy atom. The Morgan fingerprint density at radius 2 is 1.52 bits per heavy atom. The molecule has 0 aliphatic carbocycles. The number of aryl methyl sites for hydroxylation is 2. The van der Waals surface area contributed by atoms with Crippen LogP contribution in [0.2, 0.25) is 5.02 Å². The van der Waals surface area contributed by atoms with Gasteiger partial charge in [-0.05, 0) is 69.5 Å². The van der Waals surface area contributed by atoms with Crippen LogP contribution in [-0.2, 0) is 26.2 Å². The first-order chi connectivity index (χ1) is 19.9. The summed E-state index contributed by atoms with van der Waals surface area (Å²) in [4.78, 5) is 29.1. The van der Waals surface area contributed by atoms with Crippen LogP contribution in [-0.4, -0.2) is 50.9 Å². The average Bonchev–Trinajstić information content (AvgIpc) is 2.96. The van der Waals surface area contributed by atoms with Gasteiger partial charge in [0.1, 0.15) is 18.3 Å². The number of ether oxygens (including phenoxy) is 1. The molecular formula is C32H40ClN3O5S. The number of rotatable bonds is 13. The van der Waals surface area contributed by atoms with Crippen LogP contribution in [0.4, 0.5) is 5.69 Å². The molecule has 0 saturated carbocycles. The molecule has 0 heterocycles. The number of sulfonamides is 1. The van der Waals surface area contributed by atoms with E-state index in [0.29, 0.717) is 12.2 Å². The fraction of sp³-hybridized carbons (Fsp3) is 0.375. The van der Waals surface area contributed by atoms with Crippen LogP contribution in [0.25, 0.3) is 0 Å². The summed E-state index contributed by atoms with van der Waals surface area (Å²) in [6.07, 6.45) is 1.08. The predicted molar refractivity (Wildman–Crippen MR) is 167 cm³/mol. The van der Waals surface area contributed by atoms with Crippen molar-refractivity contribution in [1.82, 2.24) is 10.2 Å². The molecule has 0 unspecified atom stereocenters. The first-order valence-corrected chi connectivity index (χ1v) is 15.8. The molecule has 3 aromatic rings. The number of nitrogens with one attached hydrogen (secondary N) is 1. The lowest BCUT2D eigenvalue weighted by Crippen LogP contribution is -2.53. The Balaban J connectivity index is 2.09. The second-order valence-electron chi connectivity index (χ2n) is 10.4. The summed E-state index contributed by atoms with van der Waals surface area (Å²) in [5.74, 6) is -0.440. The third-order valence-corrected chi connectivity index (χ3v) is 9.26. The highest BCUT2D eigenvalue weighted by molar-refractivity contribution is 7.92. The molecule has 8 nitrogen and oxygen atoms in total. The predicted octanol–water partition coefficient (Wildman–Crippen LogP) is 5.88. The number of nitrogens with zero attached hydrogens (tertiary/aromatic N) is 2. The third kappa shape index (κ3) is 8.04. The maximum atomic E-state index is 14.2. The largest absolute Gasteiger partial charge is 0.495 e. The molecule has 3 aromatic carbocycles. The highest BCUT2D eigenvalue weighted by Gasteiger charge is 2.34. The van der Waals surface area contributed by atoms with Gasteiger partial charge in [0.05, 0.1) is 22.7 Å². The molecule has 0 aliphatic heterocycles. The van der Waals surface area contributed by atoms with Gasteiger partial charge in [0.25, 0.3) is 10.0 Å². The standard InChI is InChI=1S/C32H40ClN3O5S/c1-7-24(5)34-32(38)29(8-2)35(20-25-13-9-22(3)10-14-25)31(37)21-36(26-15-18-30(41-6)28(33)19-26)42(39,40)27-16-11-23(4)12-17-27/h9-19,24,29H,7-8,20-21H2,1-6H3,(H,34,38)/t24-,29+/m0/s1. The maximum Gasteiger partial charge on any atom is 0.264 e. The molecule has 0 saturated heterocycles. The number of anilines is 1. The van der Waals surface area contributed by atoms with Crippen molar-refractivity contribution in [2.45, 2.75) is 71.0 Å². The first kappa shape index (κ1) is 32.9. The Morgan fingerprint density at radius 3 is 2.05 bits per heavy atom. The van der Waals surface area contributed by atoms with Gasteiger partial charge in [-0.3, -0.25) is 13.9 Å². The van der Waals surface area contributed by atoms with Gasteiger partial charge < -0.3 is 15.0 Å². The van der Waals surface area contributed by atoms with Crippen molar-refractivity contribution in [1.29, 1.82) is 0 Å². The summed E-state index contributed by atoms with van der Waals surface area (Å²) in [5, 5.41) is 3.18. The van der Waals surface area contributed by atoms with Crippen molar-refractivity contribution in [3.05, 3.63) is 88.4 Å². The lowest BCUT2D eigenvalue weighted by molar-refractivity contribution is -0.140. The minimum Gasteiger partial charge on any atom is -0.495 e. The van der Waals surface area contributed by atoms with Crippen LogP contribution in [0.15, 0.2) is 71.6 Å². The van der Waals surface area contributed by atoms with Crippen LogP contribution in [0, 0.1) is 13.8 Å². The van der Waals surface area contributed by atoms with Crippen LogP contribution in [0.3, 0.4) is 0 Å². The monoisotopic (exact) mass is 613 g/mol. The van der Waals surface area contributed by atoms with E-state index in [2.05, 4.69) is 5.32 Å². The summed E-state index contributed by atoms with van der Waals surface area (Å²) in [5.41, 5.74) is 2.97. The zero-order chi connectivity index (χ0) is 31.0. The van der Waals surface area contributed by atoms with Crippen LogP contribution < -0.4 is 14.4 Å². The van der Waals surface area contributed by atoms with E-state index in [1.807, 2.05) is 58.9 Å². The molecule has 0 fully saturated rings. The molecule has 0 aliphatic rings. The number of benzene rings is 3. The second-order valence-corrected chi connectivity index (χ2v) is 12.7. The number of methoxy groups -OCH3 is 1. The molecular weight excluding hydrogens is 574 g/mol. The molecule has 226 valence electrons. The fourth-order valence-electron chi connectivity index (χ4n) is 4.43. The summed E-state index contributed by atoms with van der Waals surface area (Å²) >= 11 is 6.39.